The summed E-state index contributed by atoms with van der Waals surface area (Å²) in [6, 6.07) is 0. The lowest BCUT2D eigenvalue weighted by Gasteiger charge is -1.97. The molecule has 76 valence electrons. The van der Waals surface area contributed by atoms with Gasteiger partial charge in [-0.1, -0.05) is 5.16 Å². The van der Waals surface area contributed by atoms with Gasteiger partial charge in [0.15, 0.2) is 5.13 Å². The Labute approximate surface area is 83.7 Å². The molecule has 2 N–H and O–H groups in total. The van der Waals surface area contributed by atoms with Gasteiger partial charge in [0.05, 0.1) is 7.11 Å². The number of nitrogen functional groups attached to an aromatic ring is 1. The number of ether oxygens (including phenoxy) is 1. The molecule has 0 saturated heterocycles. The van der Waals surface area contributed by atoms with E-state index < -0.39 is 5.97 Å². The molecule has 0 amide bonds. The van der Waals surface area contributed by atoms with Crippen molar-refractivity contribution >= 4 is 28.3 Å². The van der Waals surface area contributed by atoms with Gasteiger partial charge in [-0.15, -0.1) is 0 Å². The zero-order valence-corrected chi connectivity index (χ0v) is 8.37. The van der Waals surface area contributed by atoms with Crippen LogP contribution in [-0.2, 0) is 14.4 Å². The minimum atomic E-state index is -0.676. The van der Waals surface area contributed by atoms with Crippen molar-refractivity contribution in [3.8, 4) is 0 Å². The summed E-state index contributed by atoms with van der Waals surface area (Å²) >= 11 is 0.959. The van der Waals surface area contributed by atoms with Crippen LogP contribution in [0.3, 0.4) is 0 Å². The second-order valence-electron chi connectivity index (χ2n) is 2.07. The fraction of sp³-hybridized carbons (Fsp3) is 0.333. The van der Waals surface area contributed by atoms with Crippen LogP contribution in [0.15, 0.2) is 5.16 Å². The molecule has 0 spiro atoms. The third kappa shape index (κ3) is 2.16. The van der Waals surface area contributed by atoms with Crippen molar-refractivity contribution < 1.29 is 14.4 Å². The van der Waals surface area contributed by atoms with Gasteiger partial charge in [0, 0.05) is 11.5 Å². The van der Waals surface area contributed by atoms with E-state index in [1.807, 2.05) is 0 Å². The highest BCUT2D eigenvalue weighted by molar-refractivity contribution is 7.09. The Morgan fingerprint density at radius 3 is 2.71 bits per heavy atom. The SMILES string of the molecule is CON=C(C(=O)OC)c1nsc(N)n1. The monoisotopic (exact) mass is 216 g/mol. The average Bonchev–Trinajstić information content (AvgIpc) is 2.60. The van der Waals surface area contributed by atoms with E-state index in [4.69, 9.17) is 5.73 Å². The van der Waals surface area contributed by atoms with Crippen molar-refractivity contribution in [2.45, 2.75) is 0 Å². The summed E-state index contributed by atoms with van der Waals surface area (Å²) in [6.07, 6.45) is 0. The Morgan fingerprint density at radius 1 is 1.57 bits per heavy atom. The van der Waals surface area contributed by atoms with E-state index in [0.717, 1.165) is 11.5 Å². The number of nitrogens with zero attached hydrogens (tertiary/aromatic N) is 3. The van der Waals surface area contributed by atoms with Gasteiger partial charge in [0.25, 0.3) is 0 Å². The normalized spacial score (nSPS) is 11.1. The van der Waals surface area contributed by atoms with Crippen LogP contribution in [-0.4, -0.2) is 35.3 Å². The molecule has 0 aliphatic rings. The predicted molar refractivity (Wildman–Crippen MR) is 49.9 cm³/mol. The Kier molecular flexibility index (Phi) is 3.35. The molecule has 0 fully saturated rings. The quantitative estimate of drug-likeness (QED) is 0.421. The maximum Gasteiger partial charge on any atom is 0.364 e. The lowest BCUT2D eigenvalue weighted by atomic mass is 10.4. The van der Waals surface area contributed by atoms with Crippen LogP contribution in [0.25, 0.3) is 0 Å². The van der Waals surface area contributed by atoms with Crippen LogP contribution < -0.4 is 5.73 Å². The van der Waals surface area contributed by atoms with Crippen molar-refractivity contribution in [3.63, 3.8) is 0 Å². The molecule has 0 bridgehead atoms. The second-order valence-corrected chi connectivity index (χ2v) is 2.85. The van der Waals surface area contributed by atoms with E-state index >= 15 is 0 Å². The van der Waals surface area contributed by atoms with Gasteiger partial charge >= 0.3 is 5.97 Å². The summed E-state index contributed by atoms with van der Waals surface area (Å²) in [5.74, 6) is -0.578. The molecule has 1 heterocycles. The van der Waals surface area contributed by atoms with Gasteiger partial charge in [-0.25, -0.2) is 4.79 Å². The third-order valence-electron chi connectivity index (χ3n) is 1.21. The number of aromatic nitrogens is 2. The lowest BCUT2D eigenvalue weighted by Crippen LogP contribution is -2.19. The topological polar surface area (TPSA) is 99.7 Å². The highest BCUT2D eigenvalue weighted by Crippen LogP contribution is 2.07. The Bertz CT molecular complexity index is 362. The van der Waals surface area contributed by atoms with Gasteiger partial charge in [-0.2, -0.15) is 9.36 Å². The number of nitrogens with two attached hydrogens (primary N) is 1. The first kappa shape index (κ1) is 10.4. The summed E-state index contributed by atoms with van der Waals surface area (Å²) < 4.78 is 8.26. The highest BCUT2D eigenvalue weighted by atomic mass is 32.1. The third-order valence-corrected chi connectivity index (χ3v) is 1.76. The summed E-state index contributed by atoms with van der Waals surface area (Å²) in [5, 5.41) is 3.69. The largest absolute Gasteiger partial charge is 0.464 e. The van der Waals surface area contributed by atoms with Crippen LogP contribution in [0.5, 0.6) is 0 Å². The lowest BCUT2D eigenvalue weighted by molar-refractivity contribution is -0.132. The minimum absolute atomic E-state index is 0.0983. The van der Waals surface area contributed by atoms with Gasteiger partial charge < -0.3 is 15.3 Å². The number of esters is 1. The number of carbonyl (C=O) groups is 1. The van der Waals surface area contributed by atoms with E-state index in [9.17, 15) is 4.79 Å². The van der Waals surface area contributed by atoms with Crippen molar-refractivity contribution in [1.29, 1.82) is 0 Å². The molecule has 7 nitrogen and oxygen atoms in total. The summed E-state index contributed by atoms with van der Waals surface area (Å²) in [5.41, 5.74) is 5.24. The first-order chi connectivity index (χ1) is 6.69. The van der Waals surface area contributed by atoms with Crippen LogP contribution >= 0.6 is 11.5 Å². The van der Waals surface area contributed by atoms with Crippen LogP contribution in [0.4, 0.5) is 5.13 Å². The second kappa shape index (κ2) is 4.51. The van der Waals surface area contributed by atoms with Crippen LogP contribution in [0, 0.1) is 0 Å². The first-order valence-corrected chi connectivity index (χ1v) is 4.25. The molecular weight excluding hydrogens is 208 g/mol. The maximum absolute atomic E-state index is 11.2. The van der Waals surface area contributed by atoms with E-state index in [0.29, 0.717) is 0 Å². The van der Waals surface area contributed by atoms with Crippen LogP contribution in [0.2, 0.25) is 0 Å². The molecule has 0 unspecified atom stereocenters. The highest BCUT2D eigenvalue weighted by Gasteiger charge is 2.20. The predicted octanol–water partition coefficient (Wildman–Crippen LogP) is -0.356. The molecule has 0 atom stereocenters. The molecular formula is C6H8N4O3S. The molecule has 8 heteroatoms. The average molecular weight is 216 g/mol. The number of methoxy groups -OCH3 is 1. The number of hydrogen-bond acceptors (Lipinski definition) is 8. The molecule has 0 aromatic carbocycles. The molecule has 0 radical (unpaired) electrons. The van der Waals surface area contributed by atoms with Crippen molar-refractivity contribution in [2.24, 2.45) is 5.16 Å². The summed E-state index contributed by atoms with van der Waals surface area (Å²) in [6.45, 7) is 0. The molecule has 1 aromatic rings. The van der Waals surface area contributed by atoms with Crippen molar-refractivity contribution in [2.75, 3.05) is 20.0 Å². The fourth-order valence-electron chi connectivity index (χ4n) is 0.689. The number of rotatable bonds is 3. The Morgan fingerprint density at radius 2 is 2.29 bits per heavy atom. The van der Waals surface area contributed by atoms with Gasteiger partial charge in [0.2, 0.25) is 11.5 Å². The standard InChI is InChI=1S/C6H8N4O3S/c1-12-5(11)3(9-13-2)4-8-6(7)14-10-4/h1-2H3,(H2,7,8,10). The fourth-order valence-corrected chi connectivity index (χ4v) is 1.12. The Balaban J connectivity index is 3.00. The zero-order chi connectivity index (χ0) is 10.6. The van der Waals surface area contributed by atoms with Crippen molar-refractivity contribution in [3.05, 3.63) is 5.82 Å². The number of oxime groups is 1. The van der Waals surface area contributed by atoms with Gasteiger partial charge in [-0.3, -0.25) is 0 Å². The first-order valence-electron chi connectivity index (χ1n) is 3.48. The van der Waals surface area contributed by atoms with Crippen molar-refractivity contribution in [1.82, 2.24) is 9.36 Å². The summed E-state index contributed by atoms with van der Waals surface area (Å²) in [7, 11) is 2.53. The smallest absolute Gasteiger partial charge is 0.364 e. The van der Waals surface area contributed by atoms with E-state index in [1.54, 1.807) is 0 Å². The number of anilines is 1. The Hall–Kier alpha value is -1.70. The molecule has 14 heavy (non-hydrogen) atoms. The van der Waals surface area contributed by atoms with E-state index in [-0.39, 0.29) is 16.7 Å². The molecule has 1 rings (SSSR count). The van der Waals surface area contributed by atoms with Gasteiger partial charge in [0.1, 0.15) is 7.11 Å². The maximum atomic E-state index is 11.2. The molecule has 1 aromatic heterocycles. The molecule has 0 aliphatic heterocycles. The number of hydrogen-bond donors (Lipinski definition) is 1. The van der Waals surface area contributed by atoms with Gasteiger partial charge in [-0.05, 0) is 0 Å². The zero-order valence-electron chi connectivity index (χ0n) is 7.55. The summed E-state index contributed by atoms with van der Waals surface area (Å²) in [4.78, 5) is 19.4. The molecule has 0 saturated carbocycles. The minimum Gasteiger partial charge on any atom is -0.464 e. The van der Waals surface area contributed by atoms with E-state index in [1.165, 1.54) is 14.2 Å². The number of carbonyl (C=O) groups excluding carboxylic acids is 1. The molecule has 0 aliphatic carbocycles. The van der Waals surface area contributed by atoms with E-state index in [2.05, 4.69) is 24.1 Å². The van der Waals surface area contributed by atoms with Crippen LogP contribution in [0.1, 0.15) is 5.82 Å².